The minimum absolute atomic E-state index is 0.0792. The molecule has 1 aromatic heterocycles. The van der Waals surface area contributed by atoms with Gasteiger partial charge in [0, 0.05) is 23.7 Å². The molecule has 0 spiro atoms. The normalized spacial score (nSPS) is 25.8. The lowest BCUT2D eigenvalue weighted by molar-refractivity contribution is -0.0568. The van der Waals surface area contributed by atoms with E-state index in [0.29, 0.717) is 17.4 Å². The van der Waals surface area contributed by atoms with Crippen LogP contribution in [-0.4, -0.2) is 40.1 Å². The summed E-state index contributed by atoms with van der Waals surface area (Å²) in [6.07, 6.45) is 5.46. The SMILES string of the molecule is C=C[C@H]1CN2CC[C@H]1C[C@H]2[C@H](OC(=O)c1ccccc1)c1ccnc2ccc(O)cc12. The molecule has 6 rings (SSSR count). The van der Waals surface area contributed by atoms with Crippen molar-refractivity contribution in [3.8, 4) is 5.75 Å². The Kier molecular flexibility index (Phi) is 5.20. The summed E-state index contributed by atoms with van der Waals surface area (Å²) in [6.45, 7) is 5.95. The standard InChI is InChI=1S/C26H26N2O3/c1-2-17-16-28-13-11-19(17)14-24(28)25(31-26(30)18-6-4-3-5-7-18)21-10-12-27-23-9-8-20(29)15-22(21)23/h2-10,12,15,17,19,24-25,29H,1,11,13-14,16H2/t17-,19-,24-,25+/m0/s1. The van der Waals surface area contributed by atoms with Crippen LogP contribution in [0, 0.1) is 11.8 Å². The lowest BCUT2D eigenvalue weighted by atomic mass is 9.73. The maximum Gasteiger partial charge on any atom is 0.338 e. The van der Waals surface area contributed by atoms with Crippen molar-refractivity contribution in [2.75, 3.05) is 13.1 Å². The Morgan fingerprint density at radius 2 is 2.06 bits per heavy atom. The van der Waals surface area contributed by atoms with Gasteiger partial charge in [-0.15, -0.1) is 6.58 Å². The van der Waals surface area contributed by atoms with Gasteiger partial charge in [0.2, 0.25) is 0 Å². The van der Waals surface area contributed by atoms with Gasteiger partial charge in [0.05, 0.1) is 17.1 Å². The summed E-state index contributed by atoms with van der Waals surface area (Å²) in [7, 11) is 0. The first kappa shape index (κ1) is 19.8. The largest absolute Gasteiger partial charge is 0.508 e. The van der Waals surface area contributed by atoms with Crippen LogP contribution in [0.25, 0.3) is 10.9 Å². The number of pyridine rings is 1. The predicted molar refractivity (Wildman–Crippen MR) is 120 cm³/mol. The molecule has 3 aliphatic heterocycles. The number of fused-ring (bicyclic) bond motifs is 4. The van der Waals surface area contributed by atoms with Gasteiger partial charge in [0.25, 0.3) is 0 Å². The quantitative estimate of drug-likeness (QED) is 0.483. The smallest absolute Gasteiger partial charge is 0.338 e. The molecule has 3 saturated heterocycles. The highest BCUT2D eigenvalue weighted by atomic mass is 16.5. The van der Waals surface area contributed by atoms with Gasteiger partial charge in [0.1, 0.15) is 11.9 Å². The summed E-state index contributed by atoms with van der Waals surface area (Å²) in [5.41, 5.74) is 2.20. The maximum atomic E-state index is 13.1. The van der Waals surface area contributed by atoms with E-state index in [1.807, 2.05) is 24.3 Å². The zero-order chi connectivity index (χ0) is 21.4. The zero-order valence-corrected chi connectivity index (χ0v) is 17.4. The van der Waals surface area contributed by atoms with Crippen LogP contribution in [0.4, 0.5) is 0 Å². The molecule has 0 aliphatic carbocycles. The number of rotatable bonds is 5. The molecule has 5 atom stereocenters. The van der Waals surface area contributed by atoms with E-state index in [2.05, 4.69) is 22.5 Å². The average Bonchev–Trinajstić information content (AvgIpc) is 2.83. The van der Waals surface area contributed by atoms with Crippen LogP contribution >= 0.6 is 0 Å². The summed E-state index contributed by atoms with van der Waals surface area (Å²) in [6, 6.07) is 16.2. The van der Waals surface area contributed by atoms with Crippen LogP contribution in [0.15, 0.2) is 73.4 Å². The van der Waals surface area contributed by atoms with Crippen LogP contribution in [0.3, 0.4) is 0 Å². The lowest BCUT2D eigenvalue weighted by Gasteiger charge is -2.51. The number of ether oxygens (including phenoxy) is 1. The number of piperidine rings is 3. The molecule has 3 aliphatic rings. The molecule has 2 bridgehead atoms. The number of aromatic hydroxyl groups is 1. The highest BCUT2D eigenvalue weighted by molar-refractivity contribution is 5.90. The van der Waals surface area contributed by atoms with Crippen molar-refractivity contribution in [1.29, 1.82) is 0 Å². The first-order valence-corrected chi connectivity index (χ1v) is 10.8. The van der Waals surface area contributed by atoms with Gasteiger partial charge < -0.3 is 9.84 Å². The third-order valence-electron chi connectivity index (χ3n) is 6.81. The highest BCUT2D eigenvalue weighted by Crippen LogP contribution is 2.43. The van der Waals surface area contributed by atoms with Crippen molar-refractivity contribution >= 4 is 16.9 Å². The van der Waals surface area contributed by atoms with E-state index < -0.39 is 6.10 Å². The molecule has 5 heteroatoms. The van der Waals surface area contributed by atoms with Gasteiger partial charge in [-0.1, -0.05) is 24.3 Å². The summed E-state index contributed by atoms with van der Waals surface area (Å²) in [4.78, 5) is 20.0. The number of carbonyl (C=O) groups is 1. The van der Waals surface area contributed by atoms with Crippen molar-refractivity contribution in [2.45, 2.75) is 25.0 Å². The topological polar surface area (TPSA) is 62.7 Å². The number of aromatic nitrogens is 1. The third kappa shape index (κ3) is 3.70. The van der Waals surface area contributed by atoms with E-state index in [9.17, 15) is 9.90 Å². The second kappa shape index (κ2) is 8.16. The molecule has 1 unspecified atom stereocenters. The second-order valence-electron chi connectivity index (χ2n) is 8.54. The monoisotopic (exact) mass is 414 g/mol. The first-order chi connectivity index (χ1) is 15.1. The molecule has 3 aromatic rings. The van der Waals surface area contributed by atoms with E-state index in [1.54, 1.807) is 36.5 Å². The van der Waals surface area contributed by atoms with Crippen molar-refractivity contribution in [1.82, 2.24) is 9.88 Å². The molecule has 0 amide bonds. The van der Waals surface area contributed by atoms with E-state index in [4.69, 9.17) is 4.74 Å². The Labute approximate surface area is 182 Å². The first-order valence-electron chi connectivity index (χ1n) is 10.8. The van der Waals surface area contributed by atoms with E-state index in [-0.39, 0.29) is 17.8 Å². The fraction of sp³-hybridized carbons (Fsp3) is 0.308. The van der Waals surface area contributed by atoms with Gasteiger partial charge in [0.15, 0.2) is 0 Å². The van der Waals surface area contributed by atoms with Gasteiger partial charge >= 0.3 is 5.97 Å². The summed E-state index contributed by atoms with van der Waals surface area (Å²) >= 11 is 0. The Bertz CT molecular complexity index is 1110. The zero-order valence-electron chi connectivity index (χ0n) is 17.4. The molecule has 4 heterocycles. The summed E-state index contributed by atoms with van der Waals surface area (Å²) < 4.78 is 6.22. The number of benzene rings is 2. The molecule has 0 saturated carbocycles. The Balaban J connectivity index is 1.56. The fourth-order valence-electron chi connectivity index (χ4n) is 5.20. The predicted octanol–water partition coefficient (Wildman–Crippen LogP) is 4.73. The number of carbonyl (C=O) groups excluding carboxylic acids is 1. The molecule has 0 radical (unpaired) electrons. The van der Waals surface area contributed by atoms with Gasteiger partial charge in [-0.2, -0.15) is 0 Å². The number of phenols is 1. The van der Waals surface area contributed by atoms with Gasteiger partial charge in [-0.3, -0.25) is 9.88 Å². The van der Waals surface area contributed by atoms with Crippen LogP contribution in [0.5, 0.6) is 5.75 Å². The molecule has 1 N–H and O–H groups in total. The molecule has 158 valence electrons. The number of phenolic OH excluding ortho intramolecular Hbond substituents is 1. The lowest BCUT2D eigenvalue weighted by Crippen LogP contribution is -2.55. The van der Waals surface area contributed by atoms with Crippen molar-refractivity contribution in [3.05, 3.63) is 84.6 Å². The van der Waals surface area contributed by atoms with E-state index in [1.165, 1.54) is 0 Å². The Morgan fingerprint density at radius 3 is 2.81 bits per heavy atom. The van der Waals surface area contributed by atoms with Crippen LogP contribution in [-0.2, 0) is 4.74 Å². The van der Waals surface area contributed by atoms with Crippen LogP contribution in [0.1, 0.15) is 34.9 Å². The molecule has 3 fully saturated rings. The van der Waals surface area contributed by atoms with Crippen LogP contribution in [0.2, 0.25) is 0 Å². The van der Waals surface area contributed by atoms with E-state index in [0.717, 1.165) is 42.4 Å². The fourth-order valence-corrected chi connectivity index (χ4v) is 5.20. The highest BCUT2D eigenvalue weighted by Gasteiger charge is 2.44. The summed E-state index contributed by atoms with van der Waals surface area (Å²) in [5.74, 6) is 0.867. The number of hydrogen-bond donors (Lipinski definition) is 1. The molecule has 31 heavy (non-hydrogen) atoms. The maximum absolute atomic E-state index is 13.1. The number of esters is 1. The van der Waals surface area contributed by atoms with Crippen molar-refractivity contribution in [2.24, 2.45) is 11.8 Å². The van der Waals surface area contributed by atoms with Gasteiger partial charge in [-0.25, -0.2) is 4.79 Å². The van der Waals surface area contributed by atoms with E-state index >= 15 is 0 Å². The molecule has 2 aromatic carbocycles. The molecular formula is C26H26N2O3. The van der Waals surface area contributed by atoms with Crippen molar-refractivity contribution in [3.63, 3.8) is 0 Å². The van der Waals surface area contributed by atoms with Gasteiger partial charge in [-0.05, 0) is 67.6 Å². The number of nitrogens with zero attached hydrogens (tertiary/aromatic N) is 2. The average molecular weight is 415 g/mol. The molecular weight excluding hydrogens is 388 g/mol. The third-order valence-corrected chi connectivity index (χ3v) is 6.81. The summed E-state index contributed by atoms with van der Waals surface area (Å²) in [5, 5.41) is 10.9. The second-order valence-corrected chi connectivity index (χ2v) is 8.54. The Hall–Kier alpha value is -3.18. The number of hydrogen-bond acceptors (Lipinski definition) is 5. The minimum atomic E-state index is -0.450. The molecule has 5 nitrogen and oxygen atoms in total. The van der Waals surface area contributed by atoms with Crippen LogP contribution < -0.4 is 0 Å². The Morgan fingerprint density at radius 1 is 1.23 bits per heavy atom. The minimum Gasteiger partial charge on any atom is -0.508 e. The van der Waals surface area contributed by atoms with Crippen molar-refractivity contribution < 1.29 is 14.6 Å².